The Balaban J connectivity index is 1.55. The van der Waals surface area contributed by atoms with E-state index in [2.05, 4.69) is 34.5 Å². The van der Waals surface area contributed by atoms with Crippen LogP contribution in [0.25, 0.3) is 0 Å². The minimum absolute atomic E-state index is 0.152. The number of nitrogens with one attached hydrogen (secondary N) is 1. The van der Waals surface area contributed by atoms with Gasteiger partial charge in [0.05, 0.1) is 6.10 Å². The van der Waals surface area contributed by atoms with Gasteiger partial charge in [0.1, 0.15) is 0 Å². The minimum Gasteiger partial charge on any atom is -0.454 e. The van der Waals surface area contributed by atoms with Gasteiger partial charge in [-0.2, -0.15) is 0 Å². The van der Waals surface area contributed by atoms with Crippen molar-refractivity contribution in [3.05, 3.63) is 35.4 Å². The third-order valence-electron chi connectivity index (χ3n) is 7.26. The van der Waals surface area contributed by atoms with Gasteiger partial charge in [-0.1, -0.05) is 12.2 Å². The predicted octanol–water partition coefficient (Wildman–Crippen LogP) is 1.80. The Kier molecular flexibility index (Phi) is 2.92. The van der Waals surface area contributed by atoms with Gasteiger partial charge in [0.15, 0.2) is 11.5 Å². The first-order valence-corrected chi connectivity index (χ1v) is 9.41. The molecule has 0 radical (unpaired) electrons. The molecule has 6 rings (SSSR count). The van der Waals surface area contributed by atoms with Gasteiger partial charge < -0.3 is 19.5 Å². The predicted molar refractivity (Wildman–Crippen MR) is 92.9 cm³/mol. The van der Waals surface area contributed by atoms with E-state index in [0.717, 1.165) is 37.6 Å². The van der Waals surface area contributed by atoms with Crippen LogP contribution in [0, 0.1) is 5.92 Å². The zero-order chi connectivity index (χ0) is 16.6. The van der Waals surface area contributed by atoms with Crippen molar-refractivity contribution in [2.75, 3.05) is 27.0 Å². The first kappa shape index (κ1) is 14.6. The van der Waals surface area contributed by atoms with E-state index >= 15 is 0 Å². The first-order chi connectivity index (χ1) is 12.3. The first-order valence-electron chi connectivity index (χ1n) is 9.41. The highest BCUT2D eigenvalue weighted by atomic mass is 16.7. The van der Waals surface area contributed by atoms with E-state index in [0.29, 0.717) is 30.9 Å². The van der Waals surface area contributed by atoms with Crippen molar-refractivity contribution in [2.45, 2.75) is 43.0 Å². The maximum absolute atomic E-state index is 5.93. The van der Waals surface area contributed by atoms with E-state index in [1.807, 2.05) is 7.11 Å². The van der Waals surface area contributed by atoms with Gasteiger partial charge in [-0.25, -0.2) is 0 Å². The zero-order valence-corrected chi connectivity index (χ0v) is 14.5. The van der Waals surface area contributed by atoms with E-state index in [-0.39, 0.29) is 5.41 Å². The number of rotatable bonds is 1. The van der Waals surface area contributed by atoms with Crippen molar-refractivity contribution in [2.24, 2.45) is 5.92 Å². The average molecular weight is 340 g/mol. The van der Waals surface area contributed by atoms with Crippen LogP contribution in [0.3, 0.4) is 0 Å². The van der Waals surface area contributed by atoms with Crippen LogP contribution >= 0.6 is 0 Å². The van der Waals surface area contributed by atoms with Crippen LogP contribution in [0.4, 0.5) is 0 Å². The normalized spacial score (nSPS) is 42.7. The molecule has 25 heavy (non-hydrogen) atoms. The lowest BCUT2D eigenvalue weighted by Crippen LogP contribution is -2.67. The van der Waals surface area contributed by atoms with Crippen molar-refractivity contribution in [3.63, 3.8) is 0 Å². The zero-order valence-electron chi connectivity index (χ0n) is 14.5. The Hall–Kier alpha value is -1.56. The highest BCUT2D eigenvalue weighted by molar-refractivity contribution is 5.55. The van der Waals surface area contributed by atoms with Gasteiger partial charge in [-0.3, -0.25) is 4.90 Å². The number of hydrogen-bond acceptors (Lipinski definition) is 5. The number of benzene rings is 1. The largest absolute Gasteiger partial charge is 0.454 e. The second kappa shape index (κ2) is 5.00. The summed E-state index contributed by atoms with van der Waals surface area (Å²) in [5.74, 6) is 2.27. The van der Waals surface area contributed by atoms with E-state index in [1.165, 1.54) is 17.5 Å². The second-order valence-electron chi connectivity index (χ2n) is 8.04. The van der Waals surface area contributed by atoms with Crippen LogP contribution in [0.15, 0.2) is 24.3 Å². The summed E-state index contributed by atoms with van der Waals surface area (Å²) in [4.78, 5) is 2.67. The van der Waals surface area contributed by atoms with E-state index < -0.39 is 0 Å². The smallest absolute Gasteiger partial charge is 0.231 e. The van der Waals surface area contributed by atoms with Gasteiger partial charge in [-0.05, 0) is 42.6 Å². The van der Waals surface area contributed by atoms with Crippen LogP contribution in [-0.2, 0) is 16.7 Å². The third kappa shape index (κ3) is 1.74. The molecule has 5 nitrogen and oxygen atoms in total. The van der Waals surface area contributed by atoms with Crippen molar-refractivity contribution in [1.82, 2.24) is 10.2 Å². The van der Waals surface area contributed by atoms with E-state index in [9.17, 15) is 0 Å². The molecule has 1 saturated carbocycles. The monoisotopic (exact) mass is 340 g/mol. The summed E-state index contributed by atoms with van der Waals surface area (Å²) in [7, 11) is 1.87. The number of nitrogens with zero attached hydrogens (tertiary/aromatic N) is 1. The lowest BCUT2D eigenvalue weighted by Gasteiger charge is -2.57. The Morgan fingerprint density at radius 3 is 3.04 bits per heavy atom. The van der Waals surface area contributed by atoms with Crippen LogP contribution in [-0.4, -0.2) is 50.1 Å². The quantitative estimate of drug-likeness (QED) is 0.790. The minimum atomic E-state index is 0.152. The molecule has 0 aromatic heterocycles. The number of fused-ring (bicyclic) bond motifs is 3. The highest BCUT2D eigenvalue weighted by Crippen LogP contribution is 2.57. The Morgan fingerprint density at radius 2 is 2.16 bits per heavy atom. The molecule has 5 aliphatic rings. The molecule has 0 amide bonds. The molecule has 1 aromatic carbocycles. The molecule has 1 N–H and O–H groups in total. The molecule has 6 atom stereocenters. The van der Waals surface area contributed by atoms with Gasteiger partial charge >= 0.3 is 0 Å². The van der Waals surface area contributed by atoms with Crippen molar-refractivity contribution >= 4 is 0 Å². The molecular formula is C20H24N2O3. The fourth-order valence-corrected chi connectivity index (χ4v) is 6.30. The average Bonchev–Trinajstić information content (AvgIpc) is 3.21. The fourth-order valence-electron chi connectivity index (χ4n) is 6.30. The van der Waals surface area contributed by atoms with E-state index in [1.54, 1.807) is 0 Å². The molecule has 5 heteroatoms. The van der Waals surface area contributed by atoms with Crippen LogP contribution < -0.4 is 14.8 Å². The second-order valence-corrected chi connectivity index (χ2v) is 8.04. The molecule has 1 aliphatic carbocycles. The number of hydrogen-bond donors (Lipinski definition) is 1. The summed E-state index contributed by atoms with van der Waals surface area (Å²) in [6, 6.07) is 5.48. The Labute approximate surface area is 147 Å². The molecule has 1 saturated heterocycles. The van der Waals surface area contributed by atoms with Gasteiger partial charge in [0.25, 0.3) is 0 Å². The summed E-state index contributed by atoms with van der Waals surface area (Å²) in [6.07, 6.45) is 7.27. The van der Waals surface area contributed by atoms with Crippen molar-refractivity contribution in [1.29, 1.82) is 0 Å². The third-order valence-corrected chi connectivity index (χ3v) is 7.26. The van der Waals surface area contributed by atoms with Crippen molar-refractivity contribution in [3.8, 4) is 11.5 Å². The SMILES string of the molecule is COC1CC2N3CCC2(c2cc4c(cc2C3)OCO4)C2NCC=CC12. The maximum Gasteiger partial charge on any atom is 0.231 e. The number of ether oxygens (including phenoxy) is 3. The van der Waals surface area contributed by atoms with E-state index in [4.69, 9.17) is 14.2 Å². The summed E-state index contributed by atoms with van der Waals surface area (Å²) < 4.78 is 17.3. The maximum atomic E-state index is 5.93. The molecule has 2 bridgehead atoms. The summed E-state index contributed by atoms with van der Waals surface area (Å²) in [6.45, 7) is 3.47. The molecule has 4 heterocycles. The van der Waals surface area contributed by atoms with Crippen molar-refractivity contribution < 1.29 is 14.2 Å². The molecule has 4 aliphatic heterocycles. The molecule has 6 unspecified atom stereocenters. The fraction of sp³-hybridized carbons (Fsp3) is 0.600. The highest BCUT2D eigenvalue weighted by Gasteiger charge is 2.62. The topological polar surface area (TPSA) is 43.0 Å². The molecule has 2 fully saturated rings. The molecule has 132 valence electrons. The lowest BCUT2D eigenvalue weighted by atomic mass is 9.56. The summed E-state index contributed by atoms with van der Waals surface area (Å²) in [5, 5.41) is 3.85. The Bertz CT molecular complexity index is 764. The van der Waals surface area contributed by atoms with Gasteiger partial charge in [0, 0.05) is 43.6 Å². The lowest BCUT2D eigenvalue weighted by molar-refractivity contribution is -0.0383. The Morgan fingerprint density at radius 1 is 1.28 bits per heavy atom. The summed E-state index contributed by atoms with van der Waals surface area (Å²) >= 11 is 0. The summed E-state index contributed by atoms with van der Waals surface area (Å²) in [5.41, 5.74) is 3.06. The van der Waals surface area contributed by atoms with Crippen LogP contribution in [0.2, 0.25) is 0 Å². The molecule has 0 spiro atoms. The van der Waals surface area contributed by atoms with Crippen LogP contribution in [0.5, 0.6) is 11.5 Å². The van der Waals surface area contributed by atoms with Gasteiger partial charge in [0.2, 0.25) is 6.79 Å². The standard InChI is InChI=1S/C20H24N2O3/c1-23-15-9-18-20(19-13(15)3-2-5-21-19)4-6-22(18)10-12-7-16-17(8-14(12)20)25-11-24-16/h2-3,7-8,13,15,18-19,21H,4-6,9-11H2,1H3. The molecule has 1 aromatic rings. The number of methoxy groups -OCH3 is 1. The van der Waals surface area contributed by atoms with Gasteiger partial charge in [-0.15, -0.1) is 0 Å². The van der Waals surface area contributed by atoms with Crippen LogP contribution in [0.1, 0.15) is 24.0 Å². The molecular weight excluding hydrogens is 316 g/mol.